The molecule has 0 spiro atoms. The zero-order valence-electron chi connectivity index (χ0n) is 12.9. The number of hydrogen-bond acceptors (Lipinski definition) is 1. The zero-order chi connectivity index (χ0) is 14.2. The van der Waals surface area contributed by atoms with Gasteiger partial charge in [0.2, 0.25) is 0 Å². The molecule has 2 atom stereocenters. The van der Waals surface area contributed by atoms with Gasteiger partial charge in [-0.2, -0.15) is 0 Å². The first-order chi connectivity index (χ1) is 9.85. The second-order valence-electron chi connectivity index (χ2n) is 6.12. The Hall–Kier alpha value is -1.08. The van der Waals surface area contributed by atoms with Gasteiger partial charge in [-0.15, -0.1) is 6.58 Å². The number of hydrogen-bond donors (Lipinski definition) is 0. The van der Waals surface area contributed by atoms with Crippen LogP contribution in [0.15, 0.2) is 43.0 Å². The van der Waals surface area contributed by atoms with E-state index in [2.05, 4.69) is 54.8 Å². The van der Waals surface area contributed by atoms with Crippen LogP contribution in [0.1, 0.15) is 57.1 Å². The monoisotopic (exact) mass is 271 g/mol. The number of rotatable bonds is 8. The van der Waals surface area contributed by atoms with Crippen LogP contribution < -0.4 is 0 Å². The molecular weight excluding hydrogens is 242 g/mol. The van der Waals surface area contributed by atoms with E-state index in [1.165, 1.54) is 50.6 Å². The van der Waals surface area contributed by atoms with E-state index in [4.69, 9.17) is 0 Å². The molecule has 0 unspecified atom stereocenters. The number of likely N-dealkylation sites (tertiary alicyclic amines) is 1. The van der Waals surface area contributed by atoms with Crippen LogP contribution >= 0.6 is 0 Å². The Morgan fingerprint density at radius 3 is 2.70 bits per heavy atom. The Bertz CT molecular complexity index is 384. The van der Waals surface area contributed by atoms with Crippen LogP contribution in [0.5, 0.6) is 0 Å². The van der Waals surface area contributed by atoms with Gasteiger partial charge in [-0.1, -0.05) is 69.0 Å². The minimum absolute atomic E-state index is 0.602. The highest BCUT2D eigenvalue weighted by Crippen LogP contribution is 2.37. The van der Waals surface area contributed by atoms with Gasteiger partial charge < -0.3 is 0 Å². The molecule has 1 fully saturated rings. The summed E-state index contributed by atoms with van der Waals surface area (Å²) in [4.78, 5) is 2.60. The minimum atomic E-state index is 0.602. The Morgan fingerprint density at radius 1 is 1.20 bits per heavy atom. The van der Waals surface area contributed by atoms with Crippen molar-refractivity contribution in [1.82, 2.24) is 4.90 Å². The number of unbranched alkanes of at least 4 members (excludes halogenated alkanes) is 3. The van der Waals surface area contributed by atoms with Gasteiger partial charge in [-0.3, -0.25) is 4.90 Å². The molecular formula is C19H29N. The number of nitrogens with zero attached hydrogens (tertiary/aromatic N) is 1. The summed E-state index contributed by atoms with van der Waals surface area (Å²) >= 11 is 0. The second kappa shape index (κ2) is 8.26. The highest BCUT2D eigenvalue weighted by atomic mass is 15.2. The molecule has 1 heteroatoms. The van der Waals surface area contributed by atoms with Crippen molar-refractivity contribution >= 4 is 0 Å². The summed E-state index contributed by atoms with van der Waals surface area (Å²) in [7, 11) is 0. The summed E-state index contributed by atoms with van der Waals surface area (Å²) in [6.45, 7) is 8.47. The van der Waals surface area contributed by atoms with E-state index in [1.807, 2.05) is 0 Å². The van der Waals surface area contributed by atoms with E-state index in [1.54, 1.807) is 0 Å². The fourth-order valence-corrected chi connectivity index (χ4v) is 3.46. The van der Waals surface area contributed by atoms with Gasteiger partial charge in [-0.05, 0) is 24.3 Å². The molecule has 20 heavy (non-hydrogen) atoms. The molecule has 1 aromatic carbocycles. The van der Waals surface area contributed by atoms with Crippen LogP contribution in [0.3, 0.4) is 0 Å². The maximum Gasteiger partial charge on any atom is 0.0354 e. The van der Waals surface area contributed by atoms with Crippen LogP contribution in [0.2, 0.25) is 0 Å². The van der Waals surface area contributed by atoms with Gasteiger partial charge >= 0.3 is 0 Å². The Kier molecular flexibility index (Phi) is 6.32. The van der Waals surface area contributed by atoms with Crippen molar-refractivity contribution in [3.8, 4) is 0 Å². The van der Waals surface area contributed by atoms with Gasteiger partial charge in [0, 0.05) is 19.1 Å². The van der Waals surface area contributed by atoms with Crippen LogP contribution in [-0.2, 0) is 0 Å². The Balaban J connectivity index is 1.91. The first-order valence-electron chi connectivity index (χ1n) is 8.25. The first kappa shape index (κ1) is 15.3. The van der Waals surface area contributed by atoms with Crippen LogP contribution in [-0.4, -0.2) is 18.0 Å². The standard InChI is InChI=1S/C19H29N/c1-3-5-6-8-11-17-15-19(20(16-17)14-4-2)18-12-9-7-10-13-18/h4,7,9-10,12-13,17,19H,2-3,5-6,8,11,14-16H2,1H3/t17-,19+/m0/s1. The fraction of sp³-hybridized carbons (Fsp3) is 0.579. The first-order valence-corrected chi connectivity index (χ1v) is 8.25. The summed E-state index contributed by atoms with van der Waals surface area (Å²) in [6, 6.07) is 11.6. The lowest BCUT2D eigenvalue weighted by Crippen LogP contribution is -2.23. The van der Waals surface area contributed by atoms with Crippen molar-refractivity contribution in [1.29, 1.82) is 0 Å². The summed E-state index contributed by atoms with van der Waals surface area (Å²) in [5.41, 5.74) is 1.48. The van der Waals surface area contributed by atoms with E-state index in [0.29, 0.717) is 6.04 Å². The third-order valence-corrected chi connectivity index (χ3v) is 4.50. The molecule has 0 saturated carbocycles. The lowest BCUT2D eigenvalue weighted by molar-refractivity contribution is 0.280. The molecule has 2 rings (SSSR count). The van der Waals surface area contributed by atoms with E-state index in [9.17, 15) is 0 Å². The lowest BCUT2D eigenvalue weighted by atomic mass is 9.95. The molecule has 1 heterocycles. The van der Waals surface area contributed by atoms with E-state index in [0.717, 1.165) is 12.5 Å². The normalized spacial score (nSPS) is 23.1. The molecule has 0 N–H and O–H groups in total. The average molecular weight is 271 g/mol. The van der Waals surface area contributed by atoms with E-state index < -0.39 is 0 Å². The van der Waals surface area contributed by atoms with Crippen molar-refractivity contribution in [2.75, 3.05) is 13.1 Å². The summed E-state index contributed by atoms with van der Waals surface area (Å²) in [5.74, 6) is 0.872. The largest absolute Gasteiger partial charge is 0.292 e. The molecule has 1 nitrogen and oxygen atoms in total. The topological polar surface area (TPSA) is 3.24 Å². The Morgan fingerprint density at radius 2 is 2.00 bits per heavy atom. The van der Waals surface area contributed by atoms with Gasteiger partial charge in [-0.25, -0.2) is 0 Å². The average Bonchev–Trinajstić information content (AvgIpc) is 2.88. The molecule has 0 amide bonds. The maximum atomic E-state index is 3.92. The zero-order valence-corrected chi connectivity index (χ0v) is 12.9. The fourth-order valence-electron chi connectivity index (χ4n) is 3.46. The van der Waals surface area contributed by atoms with Crippen molar-refractivity contribution in [2.45, 2.75) is 51.5 Å². The smallest absolute Gasteiger partial charge is 0.0354 e. The molecule has 1 aliphatic heterocycles. The highest BCUT2D eigenvalue weighted by Gasteiger charge is 2.31. The van der Waals surface area contributed by atoms with Crippen LogP contribution in [0, 0.1) is 5.92 Å². The molecule has 1 aromatic rings. The molecule has 0 aromatic heterocycles. The number of benzene rings is 1. The SMILES string of the molecule is C=CCN1C[C@@H](CCCCCC)C[C@@H]1c1ccccc1. The summed E-state index contributed by atoms with van der Waals surface area (Å²) in [5, 5.41) is 0. The van der Waals surface area contributed by atoms with Crippen molar-refractivity contribution < 1.29 is 0 Å². The summed E-state index contributed by atoms with van der Waals surface area (Å²) in [6.07, 6.45) is 10.3. The molecule has 0 radical (unpaired) electrons. The van der Waals surface area contributed by atoms with Gasteiger partial charge in [0.15, 0.2) is 0 Å². The molecule has 1 saturated heterocycles. The van der Waals surface area contributed by atoms with E-state index in [-0.39, 0.29) is 0 Å². The molecule has 0 bridgehead atoms. The van der Waals surface area contributed by atoms with Crippen LogP contribution in [0.4, 0.5) is 0 Å². The van der Waals surface area contributed by atoms with Crippen molar-refractivity contribution in [2.24, 2.45) is 5.92 Å². The molecule has 0 aliphatic carbocycles. The van der Waals surface area contributed by atoms with Crippen molar-refractivity contribution in [3.63, 3.8) is 0 Å². The van der Waals surface area contributed by atoms with Gasteiger partial charge in [0.05, 0.1) is 0 Å². The Labute approximate surface area is 124 Å². The van der Waals surface area contributed by atoms with Gasteiger partial charge in [0.25, 0.3) is 0 Å². The predicted molar refractivity (Wildman–Crippen MR) is 87.8 cm³/mol. The van der Waals surface area contributed by atoms with Crippen LogP contribution in [0.25, 0.3) is 0 Å². The molecule has 110 valence electrons. The third-order valence-electron chi connectivity index (χ3n) is 4.50. The predicted octanol–water partition coefficient (Wildman–Crippen LogP) is 5.21. The third kappa shape index (κ3) is 4.21. The minimum Gasteiger partial charge on any atom is -0.292 e. The highest BCUT2D eigenvalue weighted by molar-refractivity contribution is 5.20. The quantitative estimate of drug-likeness (QED) is 0.463. The molecule has 1 aliphatic rings. The second-order valence-corrected chi connectivity index (χ2v) is 6.12. The lowest BCUT2D eigenvalue weighted by Gasteiger charge is -2.23. The van der Waals surface area contributed by atoms with E-state index >= 15 is 0 Å². The maximum absolute atomic E-state index is 3.92. The van der Waals surface area contributed by atoms with Gasteiger partial charge in [0.1, 0.15) is 0 Å². The van der Waals surface area contributed by atoms with Crippen molar-refractivity contribution in [3.05, 3.63) is 48.6 Å². The summed E-state index contributed by atoms with van der Waals surface area (Å²) < 4.78 is 0.